The molecule has 1 saturated heterocycles. The van der Waals surface area contributed by atoms with Crippen LogP contribution in [0.3, 0.4) is 0 Å². The quantitative estimate of drug-likeness (QED) is 0.846. The highest BCUT2D eigenvalue weighted by Crippen LogP contribution is 2.20. The van der Waals surface area contributed by atoms with Crippen molar-refractivity contribution >= 4 is 21.1 Å². The Bertz CT molecular complexity index is 861. The van der Waals surface area contributed by atoms with Gasteiger partial charge in [-0.15, -0.1) is 0 Å². The Kier molecular flexibility index (Phi) is 4.80. The van der Waals surface area contributed by atoms with Gasteiger partial charge in [0.15, 0.2) is 0 Å². The summed E-state index contributed by atoms with van der Waals surface area (Å²) in [6, 6.07) is 4.69. The Morgan fingerprint density at radius 3 is 2.42 bits per heavy atom. The summed E-state index contributed by atoms with van der Waals surface area (Å²) in [5.41, 5.74) is 0.785. The smallest absolute Gasteiger partial charge is 0.306 e. The zero-order valence-corrected chi connectivity index (χ0v) is 14.9. The van der Waals surface area contributed by atoms with Gasteiger partial charge in [-0.3, -0.25) is 0 Å². The molecule has 0 bridgehead atoms. The van der Waals surface area contributed by atoms with Crippen LogP contribution < -0.4 is 5.69 Å². The van der Waals surface area contributed by atoms with Gasteiger partial charge in [0.2, 0.25) is 10.0 Å². The van der Waals surface area contributed by atoms with E-state index in [4.69, 9.17) is 0 Å². The molecule has 2 aromatic rings. The molecule has 1 fully saturated rings. The first-order valence-electron chi connectivity index (χ1n) is 8.31. The van der Waals surface area contributed by atoms with E-state index in [9.17, 15) is 13.2 Å². The van der Waals surface area contributed by atoms with Crippen molar-refractivity contribution in [3.05, 3.63) is 28.7 Å². The summed E-state index contributed by atoms with van der Waals surface area (Å²) < 4.78 is 27.2. The van der Waals surface area contributed by atoms with Gasteiger partial charge in [0.1, 0.15) is 0 Å². The number of H-pyrrole nitrogens is 2. The highest BCUT2D eigenvalue weighted by atomic mass is 32.2. The molecule has 0 radical (unpaired) electrons. The van der Waals surface area contributed by atoms with Gasteiger partial charge in [0.05, 0.1) is 15.9 Å². The van der Waals surface area contributed by atoms with Gasteiger partial charge < -0.3 is 14.9 Å². The molecular formula is C16H24N4O3S. The summed E-state index contributed by atoms with van der Waals surface area (Å²) in [5, 5.41) is 0. The van der Waals surface area contributed by atoms with Crippen LogP contribution in [0.25, 0.3) is 11.0 Å². The number of imidazole rings is 1. The molecule has 1 aromatic carbocycles. The lowest BCUT2D eigenvalue weighted by Gasteiger charge is -2.34. The van der Waals surface area contributed by atoms with Crippen LogP contribution in [0.15, 0.2) is 27.9 Å². The summed E-state index contributed by atoms with van der Waals surface area (Å²) in [6.45, 7) is 7.93. The largest absolute Gasteiger partial charge is 0.323 e. The number of fused-ring (bicyclic) bond motifs is 1. The van der Waals surface area contributed by atoms with Crippen molar-refractivity contribution in [2.75, 3.05) is 32.7 Å². The second-order valence-corrected chi connectivity index (χ2v) is 8.65. The van der Waals surface area contributed by atoms with E-state index >= 15 is 0 Å². The maximum atomic E-state index is 12.8. The number of hydrogen-bond donors (Lipinski definition) is 2. The topological polar surface area (TPSA) is 89.3 Å². The van der Waals surface area contributed by atoms with Gasteiger partial charge in [-0.2, -0.15) is 4.31 Å². The van der Waals surface area contributed by atoms with E-state index in [0.717, 1.165) is 26.1 Å². The van der Waals surface area contributed by atoms with Crippen molar-refractivity contribution in [1.29, 1.82) is 0 Å². The number of hydrogen-bond acceptors (Lipinski definition) is 4. The minimum atomic E-state index is -3.53. The fraction of sp³-hybridized carbons (Fsp3) is 0.562. The molecule has 8 heteroatoms. The SMILES string of the molecule is CC(C)CCN1CCN(S(=O)(=O)c2ccc3[nH]c(=O)[nH]c3c2)CC1. The number of aromatic nitrogens is 2. The molecule has 0 atom stereocenters. The Morgan fingerprint density at radius 1 is 1.08 bits per heavy atom. The number of benzene rings is 1. The summed E-state index contributed by atoms with van der Waals surface area (Å²) in [4.78, 5) is 19.1. The van der Waals surface area contributed by atoms with Crippen LogP contribution in [0.5, 0.6) is 0 Å². The Labute approximate surface area is 141 Å². The monoisotopic (exact) mass is 352 g/mol. The molecule has 0 saturated carbocycles. The average Bonchev–Trinajstić information content (AvgIpc) is 2.92. The van der Waals surface area contributed by atoms with E-state index in [1.165, 1.54) is 10.4 Å². The van der Waals surface area contributed by atoms with Crippen molar-refractivity contribution in [1.82, 2.24) is 19.2 Å². The first-order chi connectivity index (χ1) is 11.4. The minimum absolute atomic E-state index is 0.223. The van der Waals surface area contributed by atoms with Crippen LogP contribution in [-0.2, 0) is 10.0 Å². The predicted molar refractivity (Wildman–Crippen MR) is 93.6 cm³/mol. The molecule has 0 spiro atoms. The minimum Gasteiger partial charge on any atom is -0.306 e. The van der Waals surface area contributed by atoms with Crippen molar-refractivity contribution in [2.45, 2.75) is 25.2 Å². The molecule has 1 aliphatic rings. The van der Waals surface area contributed by atoms with Crippen molar-refractivity contribution < 1.29 is 8.42 Å². The molecule has 3 rings (SSSR count). The van der Waals surface area contributed by atoms with E-state index in [0.29, 0.717) is 30.0 Å². The Morgan fingerprint density at radius 2 is 1.75 bits per heavy atom. The number of sulfonamides is 1. The zero-order valence-electron chi connectivity index (χ0n) is 14.1. The summed E-state index contributed by atoms with van der Waals surface area (Å²) in [6.07, 6.45) is 1.13. The lowest BCUT2D eigenvalue weighted by molar-refractivity contribution is 0.180. The van der Waals surface area contributed by atoms with Gasteiger partial charge in [0.25, 0.3) is 0 Å². The number of piperazine rings is 1. The fourth-order valence-corrected chi connectivity index (χ4v) is 4.40. The Balaban J connectivity index is 1.72. The second kappa shape index (κ2) is 6.70. The molecule has 132 valence electrons. The van der Waals surface area contributed by atoms with Gasteiger partial charge >= 0.3 is 5.69 Å². The van der Waals surface area contributed by atoms with Gasteiger partial charge in [0, 0.05) is 26.2 Å². The van der Waals surface area contributed by atoms with E-state index < -0.39 is 10.0 Å². The number of nitrogens with zero attached hydrogens (tertiary/aromatic N) is 2. The average molecular weight is 352 g/mol. The van der Waals surface area contributed by atoms with Crippen LogP contribution in [0.1, 0.15) is 20.3 Å². The van der Waals surface area contributed by atoms with Crippen LogP contribution >= 0.6 is 0 Å². The van der Waals surface area contributed by atoms with Gasteiger partial charge in [-0.1, -0.05) is 13.8 Å². The summed E-state index contributed by atoms with van der Waals surface area (Å²) in [5.74, 6) is 0.655. The molecule has 2 N–H and O–H groups in total. The van der Waals surface area contributed by atoms with Crippen LogP contribution in [0.4, 0.5) is 0 Å². The van der Waals surface area contributed by atoms with Crippen LogP contribution in [0, 0.1) is 5.92 Å². The molecule has 24 heavy (non-hydrogen) atoms. The molecule has 0 aliphatic carbocycles. The summed E-state index contributed by atoms with van der Waals surface area (Å²) in [7, 11) is -3.53. The normalized spacial score (nSPS) is 17.8. The molecular weight excluding hydrogens is 328 g/mol. The van der Waals surface area contributed by atoms with E-state index in [1.807, 2.05) is 0 Å². The van der Waals surface area contributed by atoms with Crippen LogP contribution in [0.2, 0.25) is 0 Å². The second-order valence-electron chi connectivity index (χ2n) is 6.71. The molecule has 7 nitrogen and oxygen atoms in total. The Hall–Kier alpha value is -1.64. The third-order valence-corrected chi connectivity index (χ3v) is 6.37. The molecule has 1 aromatic heterocycles. The fourth-order valence-electron chi connectivity index (χ4n) is 2.96. The third-order valence-electron chi connectivity index (χ3n) is 4.48. The first kappa shape index (κ1) is 17.2. The van der Waals surface area contributed by atoms with Crippen molar-refractivity contribution in [2.24, 2.45) is 5.92 Å². The summed E-state index contributed by atoms with van der Waals surface area (Å²) >= 11 is 0. The highest BCUT2D eigenvalue weighted by Gasteiger charge is 2.28. The van der Waals surface area contributed by atoms with E-state index in [2.05, 4.69) is 28.7 Å². The molecule has 1 aliphatic heterocycles. The maximum absolute atomic E-state index is 12.8. The number of nitrogens with one attached hydrogen (secondary N) is 2. The molecule has 2 heterocycles. The number of rotatable bonds is 5. The van der Waals surface area contributed by atoms with E-state index in [-0.39, 0.29) is 10.6 Å². The van der Waals surface area contributed by atoms with Crippen molar-refractivity contribution in [3.63, 3.8) is 0 Å². The maximum Gasteiger partial charge on any atom is 0.323 e. The van der Waals surface area contributed by atoms with E-state index in [1.54, 1.807) is 12.1 Å². The highest BCUT2D eigenvalue weighted by molar-refractivity contribution is 7.89. The van der Waals surface area contributed by atoms with Gasteiger partial charge in [-0.05, 0) is 37.1 Å². The third kappa shape index (κ3) is 3.55. The first-order valence-corrected chi connectivity index (χ1v) is 9.75. The lowest BCUT2D eigenvalue weighted by Crippen LogP contribution is -2.48. The van der Waals surface area contributed by atoms with Gasteiger partial charge in [-0.25, -0.2) is 13.2 Å². The standard InChI is InChI=1S/C16H24N4O3S/c1-12(2)5-6-19-7-9-20(10-8-19)24(22,23)13-3-4-14-15(11-13)18-16(21)17-14/h3-4,11-12H,5-10H2,1-2H3,(H2,17,18,21). The lowest BCUT2D eigenvalue weighted by atomic mass is 10.1. The van der Waals surface area contributed by atoms with Crippen LogP contribution in [-0.4, -0.2) is 60.3 Å². The zero-order chi connectivity index (χ0) is 17.3. The molecule has 0 amide bonds. The number of aromatic amines is 2. The predicted octanol–water partition coefficient (Wildman–Crippen LogP) is 1.21. The van der Waals surface area contributed by atoms with Crippen molar-refractivity contribution in [3.8, 4) is 0 Å². The molecule has 0 unspecified atom stereocenters.